The fourth-order valence-corrected chi connectivity index (χ4v) is 2.70. The smallest absolute Gasteiger partial charge is 0.408 e. The molecule has 0 bridgehead atoms. The Hall–Kier alpha value is -2.54. The van der Waals surface area contributed by atoms with Crippen LogP contribution in [0.15, 0.2) is 27.4 Å². The Morgan fingerprint density at radius 2 is 1.82 bits per heavy atom. The Morgan fingerprint density at radius 3 is 2.39 bits per heavy atom. The largest absolute Gasteiger partial charge is 0.444 e. The fraction of sp³-hybridized carbons (Fsp3) is 0.450. The third-order valence-corrected chi connectivity index (χ3v) is 4.10. The van der Waals surface area contributed by atoms with Gasteiger partial charge in [-0.15, -0.1) is 0 Å². The maximum atomic E-state index is 12.6. The molecule has 0 saturated carbocycles. The maximum Gasteiger partial charge on any atom is 0.408 e. The number of aryl methyl sites for hydroxylation is 1. The number of alkyl carbamates (subject to hydrolysis) is 1. The summed E-state index contributed by atoms with van der Waals surface area (Å²) in [5.41, 5.74) is -0.278. The number of carbonyl (C=O) groups is 2. The predicted octanol–water partition coefficient (Wildman–Crippen LogP) is 4.21. The average Bonchev–Trinajstić information content (AvgIpc) is 2.52. The fourth-order valence-electron chi connectivity index (χ4n) is 2.50. The van der Waals surface area contributed by atoms with Crippen LogP contribution in [-0.4, -0.2) is 23.7 Å². The molecule has 1 atom stereocenters. The van der Waals surface area contributed by atoms with Crippen molar-refractivity contribution in [2.24, 2.45) is 5.92 Å². The van der Waals surface area contributed by atoms with E-state index in [1.54, 1.807) is 47.6 Å². The summed E-state index contributed by atoms with van der Waals surface area (Å²) in [5, 5.41) is 3.33. The Balaban J connectivity index is 2.27. The van der Waals surface area contributed by atoms with Gasteiger partial charge in [-0.25, -0.2) is 14.4 Å². The summed E-state index contributed by atoms with van der Waals surface area (Å²) < 4.78 is 15.7. The lowest BCUT2D eigenvalue weighted by atomic mass is 10.1. The minimum Gasteiger partial charge on any atom is -0.444 e. The molecule has 0 aliphatic heterocycles. The van der Waals surface area contributed by atoms with Crippen molar-refractivity contribution < 1.29 is 23.5 Å². The second-order valence-corrected chi connectivity index (χ2v) is 8.22. The van der Waals surface area contributed by atoms with Gasteiger partial charge in [0.1, 0.15) is 17.2 Å². The van der Waals surface area contributed by atoms with Crippen LogP contribution in [0.3, 0.4) is 0 Å². The molecule has 8 heteroatoms. The lowest BCUT2D eigenvalue weighted by Gasteiger charge is -2.24. The van der Waals surface area contributed by atoms with E-state index >= 15 is 0 Å². The number of ether oxygens (including phenoxy) is 2. The van der Waals surface area contributed by atoms with Gasteiger partial charge < -0.3 is 19.2 Å². The van der Waals surface area contributed by atoms with Gasteiger partial charge in [0.15, 0.2) is 5.75 Å². The quantitative estimate of drug-likeness (QED) is 0.461. The molecule has 0 saturated heterocycles. The zero-order valence-corrected chi connectivity index (χ0v) is 17.5. The molecule has 28 heavy (non-hydrogen) atoms. The topological polar surface area (TPSA) is 94.8 Å². The third kappa shape index (κ3) is 5.48. The Labute approximate surface area is 167 Å². The molecule has 152 valence electrons. The molecule has 0 aliphatic rings. The lowest BCUT2D eigenvalue weighted by Crippen LogP contribution is -2.48. The van der Waals surface area contributed by atoms with E-state index in [1.165, 1.54) is 12.1 Å². The summed E-state index contributed by atoms with van der Waals surface area (Å²) in [7, 11) is 0. The van der Waals surface area contributed by atoms with Gasteiger partial charge in [-0.05, 0) is 45.2 Å². The summed E-state index contributed by atoms with van der Waals surface area (Å²) in [4.78, 5) is 36.3. The highest BCUT2D eigenvalue weighted by Crippen LogP contribution is 2.31. The van der Waals surface area contributed by atoms with Crippen LogP contribution in [0.2, 0.25) is 5.02 Å². The van der Waals surface area contributed by atoms with E-state index in [1.807, 2.05) is 0 Å². The van der Waals surface area contributed by atoms with E-state index in [0.717, 1.165) is 0 Å². The molecule has 2 rings (SSSR count). The predicted molar refractivity (Wildman–Crippen MR) is 106 cm³/mol. The molecule has 1 heterocycles. The first-order valence-electron chi connectivity index (χ1n) is 8.82. The number of rotatable bonds is 4. The number of nitrogens with one attached hydrogen (secondary N) is 1. The minimum absolute atomic E-state index is 0.0320. The first kappa shape index (κ1) is 21.8. The van der Waals surface area contributed by atoms with Crippen molar-refractivity contribution >= 4 is 34.6 Å². The molecule has 0 fully saturated rings. The van der Waals surface area contributed by atoms with Gasteiger partial charge in [0.25, 0.3) is 0 Å². The van der Waals surface area contributed by atoms with Crippen LogP contribution in [-0.2, 0) is 9.53 Å². The zero-order valence-electron chi connectivity index (χ0n) is 16.7. The lowest BCUT2D eigenvalue weighted by molar-refractivity contribution is -0.137. The Morgan fingerprint density at radius 1 is 1.18 bits per heavy atom. The molecule has 1 amide bonds. The maximum absolute atomic E-state index is 12.6. The highest BCUT2D eigenvalue weighted by atomic mass is 35.5. The van der Waals surface area contributed by atoms with E-state index in [4.69, 9.17) is 25.5 Å². The van der Waals surface area contributed by atoms with E-state index in [2.05, 4.69) is 5.32 Å². The molecule has 1 N–H and O–H groups in total. The van der Waals surface area contributed by atoms with Crippen molar-refractivity contribution in [2.75, 3.05) is 0 Å². The van der Waals surface area contributed by atoms with Gasteiger partial charge in [-0.2, -0.15) is 0 Å². The van der Waals surface area contributed by atoms with Crippen LogP contribution >= 0.6 is 11.6 Å². The molecule has 7 nitrogen and oxygen atoms in total. The van der Waals surface area contributed by atoms with Crippen LogP contribution in [0, 0.1) is 12.8 Å². The number of hydrogen-bond acceptors (Lipinski definition) is 6. The molecule has 1 unspecified atom stereocenters. The van der Waals surface area contributed by atoms with Crippen molar-refractivity contribution in [3.05, 3.63) is 39.2 Å². The van der Waals surface area contributed by atoms with Gasteiger partial charge in [0, 0.05) is 17.5 Å². The van der Waals surface area contributed by atoms with Crippen LogP contribution in [0.25, 0.3) is 11.0 Å². The molecule has 1 aromatic heterocycles. The highest BCUT2D eigenvalue weighted by Gasteiger charge is 2.29. The Bertz CT molecular complexity index is 958. The monoisotopic (exact) mass is 409 g/mol. The number of carbonyl (C=O) groups excluding carboxylic acids is 2. The SMILES string of the molecule is Cc1cc(=O)oc2cc(OC(=O)C(NC(=O)OC(C)(C)C)C(C)C)c(Cl)cc12. The van der Waals surface area contributed by atoms with Crippen molar-refractivity contribution in [1.82, 2.24) is 5.32 Å². The third-order valence-electron chi connectivity index (χ3n) is 3.81. The Kier molecular flexibility index (Phi) is 6.39. The first-order chi connectivity index (χ1) is 12.9. The molecule has 1 aromatic carbocycles. The van der Waals surface area contributed by atoms with Crippen LogP contribution < -0.4 is 15.7 Å². The second-order valence-electron chi connectivity index (χ2n) is 7.82. The number of benzene rings is 1. The molecule has 2 aromatic rings. The van der Waals surface area contributed by atoms with E-state index < -0.39 is 29.3 Å². The second kappa shape index (κ2) is 8.22. The normalized spacial score (nSPS) is 12.7. The van der Waals surface area contributed by atoms with Crippen molar-refractivity contribution in [1.29, 1.82) is 0 Å². The van der Waals surface area contributed by atoms with Crippen LogP contribution in [0.4, 0.5) is 4.79 Å². The first-order valence-corrected chi connectivity index (χ1v) is 9.20. The number of halogens is 1. The molecule has 0 radical (unpaired) electrons. The number of fused-ring (bicyclic) bond motifs is 1. The van der Waals surface area contributed by atoms with Crippen LogP contribution in [0.1, 0.15) is 40.2 Å². The van der Waals surface area contributed by atoms with Crippen LogP contribution in [0.5, 0.6) is 5.75 Å². The van der Waals surface area contributed by atoms with Gasteiger partial charge in [0.05, 0.1) is 5.02 Å². The summed E-state index contributed by atoms with van der Waals surface area (Å²) >= 11 is 6.23. The minimum atomic E-state index is -0.953. The van der Waals surface area contributed by atoms with E-state index in [-0.39, 0.29) is 22.3 Å². The summed E-state index contributed by atoms with van der Waals surface area (Å²) in [5.74, 6) is -0.943. The summed E-state index contributed by atoms with van der Waals surface area (Å²) in [6.45, 7) is 10.4. The number of esters is 1. The summed E-state index contributed by atoms with van der Waals surface area (Å²) in [6, 6.07) is 3.34. The van der Waals surface area contributed by atoms with Gasteiger partial charge >= 0.3 is 17.7 Å². The number of amides is 1. The molecular weight excluding hydrogens is 386 g/mol. The highest BCUT2D eigenvalue weighted by molar-refractivity contribution is 6.33. The molecule has 0 aliphatic carbocycles. The molecule has 0 spiro atoms. The standard InChI is InChI=1S/C20H24ClNO6/c1-10(2)17(22-19(25)28-20(4,5)6)18(24)27-15-9-14-12(8-13(15)21)11(3)7-16(23)26-14/h7-10,17H,1-6H3,(H,22,25). The van der Waals surface area contributed by atoms with E-state index in [9.17, 15) is 14.4 Å². The number of hydrogen-bond donors (Lipinski definition) is 1. The van der Waals surface area contributed by atoms with Gasteiger partial charge in [-0.3, -0.25) is 0 Å². The van der Waals surface area contributed by atoms with E-state index in [0.29, 0.717) is 10.9 Å². The molecular formula is C20H24ClNO6. The van der Waals surface area contributed by atoms with Crippen molar-refractivity contribution in [2.45, 2.75) is 53.2 Å². The van der Waals surface area contributed by atoms with Crippen molar-refractivity contribution in [3.63, 3.8) is 0 Å². The van der Waals surface area contributed by atoms with Crippen molar-refractivity contribution in [3.8, 4) is 5.75 Å². The zero-order chi connectivity index (χ0) is 21.2. The van der Waals surface area contributed by atoms with Gasteiger partial charge in [-0.1, -0.05) is 25.4 Å². The summed E-state index contributed by atoms with van der Waals surface area (Å²) in [6.07, 6.45) is -0.727. The van der Waals surface area contributed by atoms with Gasteiger partial charge in [0.2, 0.25) is 0 Å². The average molecular weight is 410 g/mol.